The topological polar surface area (TPSA) is 131 Å². The van der Waals surface area contributed by atoms with Gasteiger partial charge in [0.1, 0.15) is 24.3 Å². The van der Waals surface area contributed by atoms with Crippen LogP contribution in [0.1, 0.15) is 39.2 Å². The minimum atomic E-state index is -1.65. The fourth-order valence-corrected chi connectivity index (χ4v) is 3.34. The monoisotopic (exact) mass is 472 g/mol. The van der Waals surface area contributed by atoms with Crippen molar-refractivity contribution in [2.75, 3.05) is 6.61 Å². The molecule has 1 aliphatic rings. The Morgan fingerprint density at radius 3 is 2.24 bits per heavy atom. The van der Waals surface area contributed by atoms with Crippen molar-refractivity contribution in [2.45, 2.75) is 57.9 Å². The van der Waals surface area contributed by atoms with E-state index in [1.165, 1.54) is 24.3 Å². The molecule has 2 amide bonds. The van der Waals surface area contributed by atoms with Gasteiger partial charge in [0.25, 0.3) is 0 Å². The zero-order valence-electron chi connectivity index (χ0n) is 19.7. The van der Waals surface area contributed by atoms with Crippen molar-refractivity contribution in [3.8, 4) is 0 Å². The Hall–Kier alpha value is -3.46. The third kappa shape index (κ3) is 8.82. The average Bonchev–Trinajstić information content (AvgIpc) is 2.79. The van der Waals surface area contributed by atoms with Crippen molar-refractivity contribution in [1.29, 1.82) is 0 Å². The second kappa shape index (κ2) is 12.7. The number of nitrogens with one attached hydrogen (secondary N) is 2. The third-order valence-electron chi connectivity index (χ3n) is 5.02. The maximum absolute atomic E-state index is 13.1. The lowest BCUT2D eigenvalue weighted by atomic mass is 9.89. The Morgan fingerprint density at radius 1 is 1.00 bits per heavy atom. The van der Waals surface area contributed by atoms with Crippen LogP contribution in [0.2, 0.25) is 0 Å². The number of carbonyl (C=O) groups is 4. The van der Waals surface area contributed by atoms with Crippen LogP contribution < -0.4 is 10.6 Å². The van der Waals surface area contributed by atoms with Crippen molar-refractivity contribution < 1.29 is 33.8 Å². The highest BCUT2D eigenvalue weighted by molar-refractivity contribution is 6.00. The van der Waals surface area contributed by atoms with E-state index >= 15 is 0 Å². The molecule has 0 radical (unpaired) electrons. The van der Waals surface area contributed by atoms with Gasteiger partial charge in [-0.25, -0.2) is 9.59 Å². The molecule has 184 valence electrons. The van der Waals surface area contributed by atoms with Gasteiger partial charge in [-0.3, -0.25) is 9.59 Å². The molecule has 2 atom stereocenters. The number of aliphatic hydroxyl groups is 1. The van der Waals surface area contributed by atoms with E-state index in [0.29, 0.717) is 6.42 Å². The van der Waals surface area contributed by atoms with E-state index in [1.807, 2.05) is 19.9 Å². The Kier molecular flexibility index (Phi) is 10.0. The van der Waals surface area contributed by atoms with Gasteiger partial charge >= 0.3 is 12.1 Å². The van der Waals surface area contributed by atoms with Crippen LogP contribution in [0.4, 0.5) is 4.79 Å². The lowest BCUT2D eigenvalue weighted by Crippen LogP contribution is -2.54. The molecule has 0 saturated heterocycles. The van der Waals surface area contributed by atoms with Crippen LogP contribution in [-0.4, -0.2) is 53.2 Å². The summed E-state index contributed by atoms with van der Waals surface area (Å²) in [4.78, 5) is 49.4. The predicted octanol–water partition coefficient (Wildman–Crippen LogP) is 2.19. The molecule has 34 heavy (non-hydrogen) atoms. The van der Waals surface area contributed by atoms with Gasteiger partial charge in [0.15, 0.2) is 5.78 Å². The predicted molar refractivity (Wildman–Crippen MR) is 124 cm³/mol. The van der Waals surface area contributed by atoms with Gasteiger partial charge in [0.05, 0.1) is 6.61 Å². The summed E-state index contributed by atoms with van der Waals surface area (Å²) >= 11 is 0. The second-order valence-corrected chi connectivity index (χ2v) is 8.47. The lowest BCUT2D eigenvalue weighted by Gasteiger charge is -2.29. The standard InChI is InChI=1S/C25H32N2O7/c1-4-33-23(30)20(14-17(2)3)26-22(29)21(15-25(32)12-10-19(28)11-13-25)27-24(31)34-16-18-8-6-5-7-9-18/h5-13,17,20-21,32H,4,14-16H2,1-3H3,(H,26,29)(H,27,31)/t20-,21?/m0/s1. The molecule has 3 N–H and O–H groups in total. The lowest BCUT2D eigenvalue weighted by molar-refractivity contribution is -0.148. The van der Waals surface area contributed by atoms with E-state index in [1.54, 1.807) is 31.2 Å². The first-order chi connectivity index (χ1) is 16.1. The molecule has 0 spiro atoms. The molecule has 2 rings (SSSR count). The van der Waals surface area contributed by atoms with Crippen LogP contribution in [0.3, 0.4) is 0 Å². The molecule has 0 fully saturated rings. The van der Waals surface area contributed by atoms with Gasteiger partial charge in [-0.15, -0.1) is 0 Å². The largest absolute Gasteiger partial charge is 0.464 e. The molecule has 9 heteroatoms. The van der Waals surface area contributed by atoms with Crippen LogP contribution in [0.25, 0.3) is 0 Å². The molecular weight excluding hydrogens is 440 g/mol. The highest BCUT2D eigenvalue weighted by Gasteiger charge is 2.35. The van der Waals surface area contributed by atoms with Gasteiger partial charge in [0.2, 0.25) is 5.91 Å². The minimum absolute atomic E-state index is 0.0155. The Labute approximate surface area is 199 Å². The zero-order valence-corrected chi connectivity index (χ0v) is 19.7. The molecule has 1 aromatic carbocycles. The fraction of sp³-hybridized carbons (Fsp3) is 0.440. The number of amides is 2. The van der Waals surface area contributed by atoms with E-state index in [2.05, 4.69) is 10.6 Å². The number of carbonyl (C=O) groups excluding carboxylic acids is 4. The fourth-order valence-electron chi connectivity index (χ4n) is 3.34. The Balaban J connectivity index is 2.15. The molecule has 0 heterocycles. The van der Waals surface area contributed by atoms with Crippen molar-refractivity contribution >= 4 is 23.8 Å². The van der Waals surface area contributed by atoms with Crippen LogP contribution in [0.15, 0.2) is 54.6 Å². The summed E-state index contributed by atoms with van der Waals surface area (Å²) in [5.41, 5.74) is -0.895. The number of hydrogen-bond acceptors (Lipinski definition) is 7. The van der Waals surface area contributed by atoms with Crippen LogP contribution in [-0.2, 0) is 30.5 Å². The highest BCUT2D eigenvalue weighted by atomic mass is 16.5. The number of allylic oxidation sites excluding steroid dienone is 2. The van der Waals surface area contributed by atoms with E-state index in [4.69, 9.17) is 9.47 Å². The van der Waals surface area contributed by atoms with Gasteiger partial charge in [-0.2, -0.15) is 0 Å². The SMILES string of the molecule is CCOC(=O)[C@H](CC(C)C)NC(=O)C(CC1(O)C=CC(=O)C=C1)NC(=O)OCc1ccccc1. The quantitative estimate of drug-likeness (QED) is 0.421. The molecule has 0 aliphatic heterocycles. The van der Waals surface area contributed by atoms with Crippen molar-refractivity contribution in [3.63, 3.8) is 0 Å². The molecule has 9 nitrogen and oxygen atoms in total. The number of esters is 1. The normalized spacial score (nSPS) is 16.0. The zero-order chi connectivity index (χ0) is 25.1. The van der Waals surface area contributed by atoms with Crippen LogP contribution >= 0.6 is 0 Å². The van der Waals surface area contributed by atoms with Gasteiger partial charge < -0.3 is 25.2 Å². The number of alkyl carbamates (subject to hydrolysis) is 1. The first-order valence-corrected chi connectivity index (χ1v) is 11.2. The van der Waals surface area contributed by atoms with Gasteiger partial charge in [0, 0.05) is 6.42 Å². The van der Waals surface area contributed by atoms with E-state index in [-0.39, 0.29) is 31.3 Å². The molecule has 0 saturated carbocycles. The maximum atomic E-state index is 13.1. The number of benzene rings is 1. The molecule has 1 aromatic rings. The van der Waals surface area contributed by atoms with E-state index in [9.17, 15) is 24.3 Å². The highest BCUT2D eigenvalue weighted by Crippen LogP contribution is 2.21. The summed E-state index contributed by atoms with van der Waals surface area (Å²) in [6.07, 6.45) is 4.05. The number of ether oxygens (including phenoxy) is 2. The van der Waals surface area contributed by atoms with Crippen LogP contribution in [0, 0.1) is 5.92 Å². The summed E-state index contributed by atoms with van der Waals surface area (Å²) in [5.74, 6) is -1.50. The van der Waals surface area contributed by atoms with Crippen LogP contribution in [0.5, 0.6) is 0 Å². The number of rotatable bonds is 11. The molecule has 1 aliphatic carbocycles. The number of ketones is 1. The third-order valence-corrected chi connectivity index (χ3v) is 5.02. The Morgan fingerprint density at radius 2 is 1.65 bits per heavy atom. The molecule has 1 unspecified atom stereocenters. The molecule has 0 aromatic heterocycles. The van der Waals surface area contributed by atoms with Gasteiger partial charge in [-0.05, 0) is 49.1 Å². The summed E-state index contributed by atoms with van der Waals surface area (Å²) < 4.78 is 10.3. The first-order valence-electron chi connectivity index (χ1n) is 11.2. The summed E-state index contributed by atoms with van der Waals surface area (Å²) in [5, 5.41) is 15.9. The van der Waals surface area contributed by atoms with Crippen molar-refractivity contribution in [3.05, 3.63) is 60.2 Å². The number of hydrogen-bond donors (Lipinski definition) is 3. The van der Waals surface area contributed by atoms with Gasteiger partial charge in [-0.1, -0.05) is 44.2 Å². The Bertz CT molecular complexity index is 908. The average molecular weight is 473 g/mol. The van der Waals surface area contributed by atoms with Crippen molar-refractivity contribution in [1.82, 2.24) is 10.6 Å². The maximum Gasteiger partial charge on any atom is 0.408 e. The molecular formula is C25H32N2O7. The van der Waals surface area contributed by atoms with E-state index in [0.717, 1.165) is 5.56 Å². The second-order valence-electron chi connectivity index (χ2n) is 8.47. The van der Waals surface area contributed by atoms with Crippen molar-refractivity contribution in [2.24, 2.45) is 5.92 Å². The molecule has 0 bridgehead atoms. The minimum Gasteiger partial charge on any atom is -0.464 e. The van der Waals surface area contributed by atoms with E-state index < -0.39 is 35.7 Å². The first kappa shape index (κ1) is 26.8. The smallest absolute Gasteiger partial charge is 0.408 e. The summed E-state index contributed by atoms with van der Waals surface area (Å²) in [6, 6.07) is 6.81. The summed E-state index contributed by atoms with van der Waals surface area (Å²) in [6.45, 7) is 5.59. The summed E-state index contributed by atoms with van der Waals surface area (Å²) in [7, 11) is 0.